The summed E-state index contributed by atoms with van der Waals surface area (Å²) in [4.78, 5) is 28.2. The van der Waals surface area contributed by atoms with Gasteiger partial charge in [-0.3, -0.25) is 14.5 Å². The first-order chi connectivity index (χ1) is 17.7. The second kappa shape index (κ2) is 10.9. The van der Waals surface area contributed by atoms with Crippen LogP contribution >= 0.6 is 0 Å². The van der Waals surface area contributed by atoms with Gasteiger partial charge in [0.1, 0.15) is 17.3 Å². The van der Waals surface area contributed by atoms with Gasteiger partial charge in [-0.15, -0.1) is 0 Å². The molecule has 1 aliphatic heterocycles. The van der Waals surface area contributed by atoms with E-state index in [1.807, 2.05) is 51.1 Å². The topological polar surface area (TPSA) is 76.1 Å². The summed E-state index contributed by atoms with van der Waals surface area (Å²) in [6.07, 6.45) is 0.00927. The van der Waals surface area contributed by atoms with Gasteiger partial charge in [0.25, 0.3) is 11.7 Å². The van der Waals surface area contributed by atoms with Crippen molar-refractivity contribution in [2.45, 2.75) is 46.8 Å². The van der Waals surface area contributed by atoms with E-state index in [0.29, 0.717) is 35.3 Å². The van der Waals surface area contributed by atoms with E-state index in [4.69, 9.17) is 9.47 Å². The van der Waals surface area contributed by atoms with E-state index in [2.05, 4.69) is 13.8 Å². The monoisotopic (exact) mass is 499 g/mol. The third-order valence-electron chi connectivity index (χ3n) is 6.07. The number of nitrogens with zero attached hydrogens (tertiary/aromatic N) is 1. The number of aliphatic hydroxyl groups excluding tert-OH is 1. The fourth-order valence-corrected chi connectivity index (χ4v) is 4.38. The molecule has 1 amide bonds. The van der Waals surface area contributed by atoms with E-state index in [0.717, 1.165) is 11.1 Å². The molecular weight excluding hydrogens is 466 g/mol. The molecule has 1 saturated heterocycles. The number of anilines is 1. The molecule has 0 aromatic heterocycles. The zero-order chi connectivity index (χ0) is 26.7. The standard InChI is InChI=1S/C31H33NO5/c1-19(2)18-36-26-16-11-23(17-21(26)5)29(33)27-28(22-9-7-6-8-10-22)32(31(35)30(27)34)24-12-14-25(15-13-24)37-20(3)4/h6-17,19-20,28,33H,18H2,1-5H3/b29-27-. The zero-order valence-corrected chi connectivity index (χ0v) is 21.9. The highest BCUT2D eigenvalue weighted by Gasteiger charge is 2.46. The van der Waals surface area contributed by atoms with E-state index in [1.165, 1.54) is 4.90 Å². The normalized spacial score (nSPS) is 17.1. The molecule has 3 aromatic rings. The lowest BCUT2D eigenvalue weighted by Crippen LogP contribution is -2.29. The Bertz CT molecular complexity index is 1310. The van der Waals surface area contributed by atoms with Crippen LogP contribution in [-0.2, 0) is 9.59 Å². The molecule has 192 valence electrons. The Morgan fingerprint density at radius 1 is 0.946 bits per heavy atom. The zero-order valence-electron chi connectivity index (χ0n) is 21.9. The molecular formula is C31H33NO5. The molecule has 1 unspecified atom stereocenters. The number of Topliss-reactive ketones (excluding diaryl/α,β-unsaturated/α-hetero) is 1. The molecule has 1 aliphatic rings. The number of hydrogen-bond donors (Lipinski definition) is 1. The Morgan fingerprint density at radius 3 is 2.22 bits per heavy atom. The second-order valence-corrected chi connectivity index (χ2v) is 9.93. The van der Waals surface area contributed by atoms with Crippen molar-refractivity contribution in [3.63, 3.8) is 0 Å². The van der Waals surface area contributed by atoms with Crippen molar-refractivity contribution >= 4 is 23.1 Å². The number of ether oxygens (including phenoxy) is 2. The highest BCUT2D eigenvalue weighted by atomic mass is 16.5. The van der Waals surface area contributed by atoms with Gasteiger partial charge in [-0.25, -0.2) is 0 Å². The lowest BCUT2D eigenvalue weighted by atomic mass is 9.94. The molecule has 1 heterocycles. The Hall–Kier alpha value is -4.06. The number of ketones is 1. The predicted octanol–water partition coefficient (Wildman–Crippen LogP) is 6.44. The van der Waals surface area contributed by atoms with Crippen LogP contribution in [-0.4, -0.2) is 29.5 Å². The average molecular weight is 500 g/mol. The van der Waals surface area contributed by atoms with Gasteiger partial charge in [-0.2, -0.15) is 0 Å². The Balaban J connectivity index is 1.79. The van der Waals surface area contributed by atoms with Gasteiger partial charge in [0.05, 0.1) is 24.3 Å². The molecule has 1 fully saturated rings. The minimum atomic E-state index is -0.782. The van der Waals surface area contributed by atoms with Gasteiger partial charge in [0.15, 0.2) is 0 Å². The van der Waals surface area contributed by atoms with Crippen LogP contribution in [0, 0.1) is 12.8 Å². The summed E-state index contributed by atoms with van der Waals surface area (Å²) in [6, 6.07) is 20.8. The Kier molecular flexibility index (Phi) is 7.67. The lowest BCUT2D eigenvalue weighted by Gasteiger charge is -2.25. The van der Waals surface area contributed by atoms with Gasteiger partial charge in [-0.1, -0.05) is 44.2 Å². The third kappa shape index (κ3) is 5.53. The summed E-state index contributed by atoms with van der Waals surface area (Å²) >= 11 is 0. The smallest absolute Gasteiger partial charge is 0.300 e. The van der Waals surface area contributed by atoms with E-state index in [-0.39, 0.29) is 17.4 Å². The number of carbonyl (C=O) groups is 2. The van der Waals surface area contributed by atoms with Crippen molar-refractivity contribution in [3.8, 4) is 11.5 Å². The van der Waals surface area contributed by atoms with Crippen molar-refractivity contribution in [2.75, 3.05) is 11.5 Å². The Labute approximate surface area is 218 Å². The molecule has 0 aliphatic carbocycles. The molecule has 4 rings (SSSR count). The van der Waals surface area contributed by atoms with Crippen molar-refractivity contribution in [2.24, 2.45) is 5.92 Å². The average Bonchev–Trinajstić information content (AvgIpc) is 3.13. The van der Waals surface area contributed by atoms with Crippen LogP contribution in [0.4, 0.5) is 5.69 Å². The Morgan fingerprint density at radius 2 is 1.62 bits per heavy atom. The van der Waals surface area contributed by atoms with Gasteiger partial charge >= 0.3 is 0 Å². The third-order valence-corrected chi connectivity index (χ3v) is 6.07. The van der Waals surface area contributed by atoms with Crippen LogP contribution in [0.5, 0.6) is 11.5 Å². The second-order valence-electron chi connectivity index (χ2n) is 9.93. The fourth-order valence-electron chi connectivity index (χ4n) is 4.38. The van der Waals surface area contributed by atoms with E-state index < -0.39 is 17.7 Å². The maximum atomic E-state index is 13.4. The molecule has 0 saturated carbocycles. The van der Waals surface area contributed by atoms with Crippen LogP contribution in [0.1, 0.15) is 50.4 Å². The number of amides is 1. The number of aryl methyl sites for hydroxylation is 1. The minimum absolute atomic E-state index is 0.00927. The lowest BCUT2D eigenvalue weighted by molar-refractivity contribution is -0.132. The van der Waals surface area contributed by atoms with Crippen molar-refractivity contribution in [3.05, 3.63) is 95.1 Å². The first kappa shape index (κ1) is 26.0. The fraction of sp³-hybridized carbons (Fsp3) is 0.290. The van der Waals surface area contributed by atoms with Crippen LogP contribution in [0.25, 0.3) is 5.76 Å². The summed E-state index contributed by atoms with van der Waals surface area (Å²) in [5, 5.41) is 11.4. The molecule has 0 bridgehead atoms. The molecule has 3 aromatic carbocycles. The molecule has 0 radical (unpaired) electrons. The van der Waals surface area contributed by atoms with Crippen LogP contribution in [0.15, 0.2) is 78.4 Å². The highest BCUT2D eigenvalue weighted by molar-refractivity contribution is 6.51. The number of carbonyl (C=O) groups excluding carboxylic acids is 2. The van der Waals surface area contributed by atoms with Crippen molar-refractivity contribution in [1.82, 2.24) is 0 Å². The first-order valence-electron chi connectivity index (χ1n) is 12.5. The van der Waals surface area contributed by atoms with Crippen LogP contribution in [0.2, 0.25) is 0 Å². The van der Waals surface area contributed by atoms with Gasteiger partial charge in [0, 0.05) is 11.3 Å². The maximum absolute atomic E-state index is 13.4. The van der Waals surface area contributed by atoms with Gasteiger partial charge < -0.3 is 14.6 Å². The summed E-state index contributed by atoms with van der Waals surface area (Å²) in [6.45, 7) is 10.5. The molecule has 6 nitrogen and oxygen atoms in total. The molecule has 37 heavy (non-hydrogen) atoms. The number of benzene rings is 3. The van der Waals surface area contributed by atoms with E-state index in [1.54, 1.807) is 42.5 Å². The van der Waals surface area contributed by atoms with E-state index >= 15 is 0 Å². The van der Waals surface area contributed by atoms with Crippen LogP contribution < -0.4 is 14.4 Å². The molecule has 6 heteroatoms. The van der Waals surface area contributed by atoms with Gasteiger partial charge in [-0.05, 0) is 80.3 Å². The molecule has 1 atom stereocenters. The number of hydrogen-bond acceptors (Lipinski definition) is 5. The summed E-state index contributed by atoms with van der Waals surface area (Å²) in [5.74, 6) is 0.123. The number of aliphatic hydroxyl groups is 1. The van der Waals surface area contributed by atoms with Crippen molar-refractivity contribution < 1.29 is 24.2 Å². The molecule has 1 N–H and O–H groups in total. The largest absolute Gasteiger partial charge is 0.507 e. The summed E-state index contributed by atoms with van der Waals surface area (Å²) < 4.78 is 11.6. The quantitative estimate of drug-likeness (QED) is 0.219. The predicted molar refractivity (Wildman–Crippen MR) is 145 cm³/mol. The van der Waals surface area contributed by atoms with Gasteiger partial charge in [0.2, 0.25) is 0 Å². The van der Waals surface area contributed by atoms with Crippen molar-refractivity contribution in [1.29, 1.82) is 0 Å². The number of rotatable bonds is 8. The highest BCUT2D eigenvalue weighted by Crippen LogP contribution is 2.42. The molecule has 0 spiro atoms. The minimum Gasteiger partial charge on any atom is -0.507 e. The summed E-state index contributed by atoms with van der Waals surface area (Å²) in [7, 11) is 0. The summed E-state index contributed by atoms with van der Waals surface area (Å²) in [5.41, 5.74) is 2.60. The van der Waals surface area contributed by atoms with Crippen LogP contribution in [0.3, 0.4) is 0 Å². The SMILES string of the molecule is Cc1cc(/C(O)=C2/C(=O)C(=O)N(c3ccc(OC(C)C)cc3)C2c2ccccc2)ccc1OCC(C)C. The van der Waals surface area contributed by atoms with E-state index in [9.17, 15) is 14.7 Å². The first-order valence-corrected chi connectivity index (χ1v) is 12.5. The maximum Gasteiger partial charge on any atom is 0.300 e.